The number of amides is 2. The number of methoxy groups -OCH3 is 1. The molecule has 0 unspecified atom stereocenters. The molecule has 3 aromatic rings. The number of nitrogens with zero attached hydrogens (tertiary/aromatic N) is 1. The van der Waals surface area contributed by atoms with Crippen LogP contribution in [0.5, 0.6) is 5.75 Å². The van der Waals surface area contributed by atoms with Gasteiger partial charge in [-0.2, -0.15) is 0 Å². The number of carbonyl (C=O) groups is 2. The van der Waals surface area contributed by atoms with Gasteiger partial charge < -0.3 is 15.0 Å². The average molecular weight is 465 g/mol. The molecule has 5 nitrogen and oxygen atoms in total. The number of nitrogens with one attached hydrogen (secondary N) is 1. The Balaban J connectivity index is 1.54. The molecule has 0 fully saturated rings. The van der Waals surface area contributed by atoms with Gasteiger partial charge in [0.1, 0.15) is 5.75 Å². The standard InChI is InChI=1S/C25H21ClN2O3S/c1-28-21-14-17(24(29)27-15-18-7-3-4-9-20(18)26)10-11-22(21)32-23(25(28)30)13-16-6-5-8-19(12-16)31-2/h3-14H,15H2,1-2H3,(H,27,29)/b23-13+. The monoisotopic (exact) mass is 464 g/mol. The molecule has 0 saturated carbocycles. The highest BCUT2D eigenvalue weighted by Crippen LogP contribution is 2.42. The Labute approximate surface area is 196 Å². The molecule has 0 aliphatic carbocycles. The van der Waals surface area contributed by atoms with Crippen molar-refractivity contribution in [3.63, 3.8) is 0 Å². The Kier molecular flexibility index (Phi) is 6.53. The lowest BCUT2D eigenvalue weighted by molar-refractivity contribution is -0.114. The molecule has 1 aliphatic rings. The lowest BCUT2D eigenvalue weighted by atomic mass is 10.1. The number of benzene rings is 3. The van der Waals surface area contributed by atoms with Gasteiger partial charge in [0.2, 0.25) is 0 Å². The van der Waals surface area contributed by atoms with E-state index in [-0.39, 0.29) is 11.8 Å². The number of carbonyl (C=O) groups excluding carboxylic acids is 2. The van der Waals surface area contributed by atoms with Crippen molar-refractivity contribution in [1.82, 2.24) is 5.32 Å². The highest BCUT2D eigenvalue weighted by Gasteiger charge is 2.27. The van der Waals surface area contributed by atoms with E-state index in [1.54, 1.807) is 37.3 Å². The third-order valence-electron chi connectivity index (χ3n) is 5.11. The second-order valence-electron chi connectivity index (χ2n) is 7.21. The van der Waals surface area contributed by atoms with E-state index in [1.807, 2.05) is 54.6 Å². The minimum atomic E-state index is -0.226. The third kappa shape index (κ3) is 4.66. The van der Waals surface area contributed by atoms with Crippen LogP contribution in [-0.2, 0) is 11.3 Å². The SMILES string of the molecule is COc1cccc(/C=C2/Sc3ccc(C(=O)NCc4ccccc4Cl)cc3N(C)C2=O)c1. The normalized spacial score (nSPS) is 14.3. The summed E-state index contributed by atoms with van der Waals surface area (Å²) in [5.74, 6) is 0.379. The van der Waals surface area contributed by atoms with Crippen molar-refractivity contribution < 1.29 is 14.3 Å². The zero-order chi connectivity index (χ0) is 22.7. The molecule has 1 N–H and O–H groups in total. The lowest BCUT2D eigenvalue weighted by Crippen LogP contribution is -2.31. The van der Waals surface area contributed by atoms with Gasteiger partial charge in [-0.05, 0) is 53.6 Å². The largest absolute Gasteiger partial charge is 0.497 e. The Hall–Kier alpha value is -3.22. The van der Waals surface area contributed by atoms with Gasteiger partial charge in [-0.15, -0.1) is 0 Å². The van der Waals surface area contributed by atoms with E-state index >= 15 is 0 Å². The zero-order valence-electron chi connectivity index (χ0n) is 17.6. The topological polar surface area (TPSA) is 58.6 Å². The summed E-state index contributed by atoms with van der Waals surface area (Å²) in [7, 11) is 3.32. The van der Waals surface area contributed by atoms with Gasteiger partial charge in [0.15, 0.2) is 0 Å². The van der Waals surface area contributed by atoms with E-state index < -0.39 is 0 Å². The molecule has 1 heterocycles. The number of halogens is 1. The van der Waals surface area contributed by atoms with Gasteiger partial charge in [0.05, 0.1) is 17.7 Å². The smallest absolute Gasteiger partial charge is 0.264 e. The van der Waals surface area contributed by atoms with Crippen LogP contribution in [0.2, 0.25) is 5.02 Å². The zero-order valence-corrected chi connectivity index (χ0v) is 19.2. The molecule has 0 saturated heterocycles. The lowest BCUT2D eigenvalue weighted by Gasteiger charge is -2.27. The summed E-state index contributed by atoms with van der Waals surface area (Å²) >= 11 is 7.55. The summed E-state index contributed by atoms with van der Waals surface area (Å²) in [6.07, 6.45) is 1.85. The first-order valence-electron chi connectivity index (χ1n) is 9.93. The number of hydrogen-bond acceptors (Lipinski definition) is 4. The second kappa shape index (κ2) is 9.51. The van der Waals surface area contributed by atoms with Crippen LogP contribution in [0.1, 0.15) is 21.5 Å². The first-order valence-corrected chi connectivity index (χ1v) is 11.1. The summed E-state index contributed by atoms with van der Waals surface area (Å²) in [5, 5.41) is 3.49. The van der Waals surface area contributed by atoms with E-state index in [4.69, 9.17) is 16.3 Å². The van der Waals surface area contributed by atoms with Crippen LogP contribution in [0.15, 0.2) is 76.5 Å². The molecule has 2 amide bonds. The number of rotatable bonds is 5. The van der Waals surface area contributed by atoms with Gasteiger partial charge in [-0.1, -0.05) is 53.7 Å². The van der Waals surface area contributed by atoms with Crippen molar-refractivity contribution >= 4 is 46.9 Å². The Morgan fingerprint density at radius 3 is 2.72 bits per heavy atom. The maximum absolute atomic E-state index is 13.0. The van der Waals surface area contributed by atoms with Gasteiger partial charge >= 0.3 is 0 Å². The van der Waals surface area contributed by atoms with Gasteiger partial charge in [0.25, 0.3) is 11.8 Å². The van der Waals surface area contributed by atoms with Crippen molar-refractivity contribution in [2.75, 3.05) is 19.1 Å². The van der Waals surface area contributed by atoms with Gasteiger partial charge in [-0.25, -0.2) is 0 Å². The molecule has 0 radical (unpaired) electrons. The molecule has 0 atom stereocenters. The summed E-state index contributed by atoms with van der Waals surface area (Å²) in [4.78, 5) is 28.7. The predicted molar refractivity (Wildman–Crippen MR) is 129 cm³/mol. The molecule has 1 aliphatic heterocycles. The molecule has 0 aromatic heterocycles. The van der Waals surface area contributed by atoms with Crippen molar-refractivity contribution in [1.29, 1.82) is 0 Å². The first kappa shape index (κ1) is 22.0. The summed E-state index contributed by atoms with van der Waals surface area (Å²) in [6, 6.07) is 20.3. The minimum absolute atomic E-state index is 0.126. The van der Waals surface area contributed by atoms with E-state index in [9.17, 15) is 9.59 Å². The molecule has 4 rings (SSSR count). The third-order valence-corrected chi connectivity index (χ3v) is 6.55. The van der Waals surface area contributed by atoms with E-state index in [2.05, 4.69) is 5.32 Å². The number of ether oxygens (including phenoxy) is 1. The van der Waals surface area contributed by atoms with Crippen molar-refractivity contribution in [3.05, 3.63) is 93.3 Å². The fraction of sp³-hybridized carbons (Fsp3) is 0.120. The fourth-order valence-corrected chi connectivity index (χ4v) is 4.63. The summed E-state index contributed by atoms with van der Waals surface area (Å²) < 4.78 is 5.26. The molecule has 0 bridgehead atoms. The molecule has 0 spiro atoms. The van der Waals surface area contributed by atoms with E-state index in [1.165, 1.54) is 11.8 Å². The first-order chi connectivity index (χ1) is 15.5. The molecule has 7 heteroatoms. The van der Waals surface area contributed by atoms with Crippen LogP contribution < -0.4 is 15.0 Å². The molecule has 32 heavy (non-hydrogen) atoms. The van der Waals surface area contributed by atoms with Crippen LogP contribution in [-0.4, -0.2) is 26.0 Å². The Morgan fingerprint density at radius 1 is 1.12 bits per heavy atom. The Bertz CT molecular complexity index is 1230. The van der Waals surface area contributed by atoms with Crippen molar-refractivity contribution in [2.45, 2.75) is 11.4 Å². The van der Waals surface area contributed by atoms with Crippen LogP contribution >= 0.6 is 23.4 Å². The van der Waals surface area contributed by atoms with Gasteiger partial charge in [-0.3, -0.25) is 9.59 Å². The van der Waals surface area contributed by atoms with Crippen LogP contribution in [0.25, 0.3) is 6.08 Å². The summed E-state index contributed by atoms with van der Waals surface area (Å²) in [5.41, 5.74) is 2.91. The molecular formula is C25H21ClN2O3S. The highest BCUT2D eigenvalue weighted by molar-refractivity contribution is 8.04. The number of likely N-dealkylation sites (N-methyl/N-ethyl adjacent to an activating group) is 1. The maximum atomic E-state index is 13.0. The fourth-order valence-electron chi connectivity index (χ4n) is 3.34. The predicted octanol–water partition coefficient (Wildman–Crippen LogP) is 5.39. The highest BCUT2D eigenvalue weighted by atomic mass is 35.5. The number of hydrogen-bond donors (Lipinski definition) is 1. The van der Waals surface area contributed by atoms with E-state index in [0.717, 1.165) is 21.8 Å². The van der Waals surface area contributed by atoms with Crippen molar-refractivity contribution in [3.8, 4) is 5.75 Å². The number of thioether (sulfide) groups is 1. The van der Waals surface area contributed by atoms with E-state index in [0.29, 0.717) is 27.7 Å². The average Bonchev–Trinajstić information content (AvgIpc) is 2.81. The van der Waals surface area contributed by atoms with Gasteiger partial charge in [0, 0.05) is 29.1 Å². The molecular weight excluding hydrogens is 444 g/mol. The number of anilines is 1. The Morgan fingerprint density at radius 2 is 1.94 bits per heavy atom. The van der Waals surface area contributed by atoms with Crippen LogP contribution in [0.4, 0.5) is 5.69 Å². The maximum Gasteiger partial charge on any atom is 0.264 e. The second-order valence-corrected chi connectivity index (χ2v) is 8.70. The quantitative estimate of drug-likeness (QED) is 0.514. The molecule has 162 valence electrons. The van der Waals surface area contributed by atoms with Crippen LogP contribution in [0.3, 0.4) is 0 Å². The summed E-state index contributed by atoms with van der Waals surface area (Å²) in [6.45, 7) is 0.326. The molecule has 3 aromatic carbocycles. The number of fused-ring (bicyclic) bond motifs is 1. The minimum Gasteiger partial charge on any atom is -0.497 e. The van der Waals surface area contributed by atoms with Crippen LogP contribution in [0, 0.1) is 0 Å². The van der Waals surface area contributed by atoms with Crippen molar-refractivity contribution in [2.24, 2.45) is 0 Å².